The van der Waals surface area contributed by atoms with Gasteiger partial charge in [-0.1, -0.05) is 24.3 Å². The van der Waals surface area contributed by atoms with Crippen LogP contribution in [0.1, 0.15) is 11.1 Å². The van der Waals surface area contributed by atoms with Crippen LogP contribution in [0.2, 0.25) is 0 Å². The molecule has 1 N–H and O–H groups in total. The first-order valence-corrected chi connectivity index (χ1v) is 10.8. The fourth-order valence-electron chi connectivity index (χ4n) is 3.92. The summed E-state index contributed by atoms with van der Waals surface area (Å²) in [5, 5.41) is 3.14. The highest BCUT2D eigenvalue weighted by Crippen LogP contribution is 2.23. The number of hydrogen-bond donors (Lipinski definition) is 1. The zero-order chi connectivity index (χ0) is 24.5. The average molecular weight is 473 g/mol. The van der Waals surface area contributed by atoms with Crippen LogP contribution in [0.4, 0.5) is 20.4 Å². The molecule has 5 rings (SSSR count). The Morgan fingerprint density at radius 3 is 2.49 bits per heavy atom. The summed E-state index contributed by atoms with van der Waals surface area (Å²) in [6.07, 6.45) is 1.47. The highest BCUT2D eigenvalue weighted by Gasteiger charge is 2.20. The van der Waals surface area contributed by atoms with Gasteiger partial charge in [-0.3, -0.25) is 4.57 Å². The van der Waals surface area contributed by atoms with Crippen LogP contribution in [0.3, 0.4) is 0 Å². The topological polar surface area (TPSA) is 74.0 Å². The van der Waals surface area contributed by atoms with Gasteiger partial charge in [-0.05, 0) is 48.9 Å². The number of benzene rings is 3. The Morgan fingerprint density at radius 1 is 1.00 bits per heavy atom. The van der Waals surface area contributed by atoms with Crippen molar-refractivity contribution in [3.05, 3.63) is 106 Å². The van der Waals surface area contributed by atoms with Gasteiger partial charge in [0.2, 0.25) is 5.95 Å². The van der Waals surface area contributed by atoms with Gasteiger partial charge >= 0.3 is 5.69 Å². The summed E-state index contributed by atoms with van der Waals surface area (Å²) in [6, 6.07) is 18.2. The lowest BCUT2D eigenvalue weighted by molar-refractivity contribution is 0.414. The minimum absolute atomic E-state index is 0.221. The first kappa shape index (κ1) is 22.3. The molecule has 0 aliphatic rings. The minimum atomic E-state index is -0.738. The van der Waals surface area contributed by atoms with Crippen molar-refractivity contribution in [1.82, 2.24) is 19.1 Å². The number of aromatic nitrogens is 4. The van der Waals surface area contributed by atoms with Crippen molar-refractivity contribution in [2.45, 2.75) is 13.5 Å². The Hall–Kier alpha value is -4.53. The molecule has 0 bridgehead atoms. The Morgan fingerprint density at radius 2 is 1.74 bits per heavy atom. The van der Waals surface area contributed by atoms with Crippen LogP contribution < -0.4 is 15.7 Å². The number of nitrogens with zero attached hydrogens (tertiary/aromatic N) is 4. The molecule has 0 spiro atoms. The Balaban J connectivity index is 1.70. The molecule has 0 aliphatic carbocycles. The highest BCUT2D eigenvalue weighted by atomic mass is 19.1. The maximum absolute atomic E-state index is 14.4. The van der Waals surface area contributed by atoms with Crippen molar-refractivity contribution >= 4 is 22.8 Å². The standard InChI is InChI=1S/C26H21F2N5O2/c1-16-6-3-7-17(12-16)30-25-29-14-23-24(31-25)33(18-8-4-9-19(13-18)35-2)26(34)32(23)15-20-21(27)10-5-11-22(20)28/h3-14H,15H2,1-2H3,(H,29,30,31). The van der Waals surface area contributed by atoms with Gasteiger partial charge in [-0.15, -0.1) is 0 Å². The van der Waals surface area contributed by atoms with Gasteiger partial charge in [0, 0.05) is 17.3 Å². The SMILES string of the molecule is COc1cccc(-n2c(=O)n(Cc3c(F)cccc3F)c3cnc(Nc4cccc(C)c4)nc32)c1. The van der Waals surface area contributed by atoms with E-state index < -0.39 is 17.3 Å². The maximum Gasteiger partial charge on any atom is 0.335 e. The first-order chi connectivity index (χ1) is 16.9. The number of imidazole rings is 1. The normalized spacial score (nSPS) is 11.1. The summed E-state index contributed by atoms with van der Waals surface area (Å²) in [4.78, 5) is 22.5. The Kier molecular flexibility index (Phi) is 5.74. The summed E-state index contributed by atoms with van der Waals surface area (Å²) < 4.78 is 36.8. The van der Waals surface area contributed by atoms with Crippen LogP contribution in [0.5, 0.6) is 5.75 Å². The van der Waals surface area contributed by atoms with Crippen LogP contribution in [0.25, 0.3) is 16.9 Å². The molecule has 176 valence electrons. The van der Waals surface area contributed by atoms with Crippen molar-refractivity contribution in [2.75, 3.05) is 12.4 Å². The molecular weight excluding hydrogens is 452 g/mol. The molecule has 2 heterocycles. The molecule has 3 aromatic carbocycles. The van der Waals surface area contributed by atoms with Gasteiger partial charge in [0.05, 0.1) is 25.5 Å². The summed E-state index contributed by atoms with van der Waals surface area (Å²) in [5.41, 5.74) is 2.21. The van der Waals surface area contributed by atoms with Gasteiger partial charge in [0.15, 0.2) is 5.65 Å². The van der Waals surface area contributed by atoms with E-state index in [2.05, 4.69) is 15.3 Å². The molecule has 0 fully saturated rings. The third-order valence-electron chi connectivity index (χ3n) is 5.64. The number of aryl methyl sites for hydroxylation is 1. The molecular formula is C26H21F2N5O2. The van der Waals surface area contributed by atoms with Crippen molar-refractivity contribution in [1.29, 1.82) is 0 Å². The van der Waals surface area contributed by atoms with Crippen LogP contribution in [0.15, 0.2) is 77.7 Å². The molecule has 0 amide bonds. The first-order valence-electron chi connectivity index (χ1n) is 10.8. The van der Waals surface area contributed by atoms with Gasteiger partial charge in [-0.2, -0.15) is 4.98 Å². The van der Waals surface area contributed by atoms with Crippen LogP contribution in [-0.4, -0.2) is 26.2 Å². The molecule has 9 heteroatoms. The highest BCUT2D eigenvalue weighted by molar-refractivity contribution is 5.75. The van der Waals surface area contributed by atoms with Gasteiger partial charge in [0.25, 0.3) is 0 Å². The number of anilines is 2. The van der Waals surface area contributed by atoms with E-state index in [0.29, 0.717) is 17.0 Å². The molecule has 2 aromatic heterocycles. The minimum Gasteiger partial charge on any atom is -0.497 e. The van der Waals surface area contributed by atoms with E-state index in [1.165, 1.54) is 28.5 Å². The number of rotatable bonds is 6. The third kappa shape index (κ3) is 4.23. The van der Waals surface area contributed by atoms with E-state index in [9.17, 15) is 13.6 Å². The molecule has 35 heavy (non-hydrogen) atoms. The smallest absolute Gasteiger partial charge is 0.335 e. The largest absolute Gasteiger partial charge is 0.497 e. The van der Waals surface area contributed by atoms with E-state index in [1.807, 2.05) is 31.2 Å². The zero-order valence-corrected chi connectivity index (χ0v) is 19.0. The number of methoxy groups -OCH3 is 1. The van der Waals surface area contributed by atoms with Crippen molar-refractivity contribution < 1.29 is 13.5 Å². The Labute approximate surface area is 199 Å². The maximum atomic E-state index is 14.4. The molecule has 0 saturated carbocycles. The number of fused-ring (bicyclic) bond motifs is 1. The predicted octanol–water partition coefficient (Wildman–Crippen LogP) is 4.97. The van der Waals surface area contributed by atoms with E-state index in [0.717, 1.165) is 23.4 Å². The summed E-state index contributed by atoms with van der Waals surface area (Å²) in [7, 11) is 1.53. The van der Waals surface area contributed by atoms with Crippen LogP contribution >= 0.6 is 0 Å². The molecule has 5 aromatic rings. The molecule has 0 saturated heterocycles. The second kappa shape index (κ2) is 9.02. The van der Waals surface area contributed by atoms with Gasteiger partial charge in [-0.25, -0.2) is 23.1 Å². The Bertz CT molecular complexity index is 1590. The number of nitrogens with one attached hydrogen (secondary N) is 1. The fraction of sp³-hybridized carbons (Fsp3) is 0.115. The van der Waals surface area contributed by atoms with Gasteiger partial charge in [0.1, 0.15) is 22.9 Å². The number of hydrogen-bond acceptors (Lipinski definition) is 5. The van der Waals surface area contributed by atoms with Crippen LogP contribution in [0, 0.1) is 18.6 Å². The molecule has 0 aliphatic heterocycles. The lowest BCUT2D eigenvalue weighted by Gasteiger charge is -2.08. The van der Waals surface area contributed by atoms with E-state index in [-0.39, 0.29) is 23.7 Å². The summed E-state index contributed by atoms with van der Waals surface area (Å²) >= 11 is 0. The average Bonchev–Trinajstić information content (AvgIpc) is 3.12. The van der Waals surface area contributed by atoms with Crippen LogP contribution in [-0.2, 0) is 6.54 Å². The quantitative estimate of drug-likeness (QED) is 0.377. The summed E-state index contributed by atoms with van der Waals surface area (Å²) in [6.45, 7) is 1.65. The number of ether oxygens (including phenoxy) is 1. The summed E-state index contributed by atoms with van der Waals surface area (Å²) in [5.74, 6) is -0.660. The molecule has 0 radical (unpaired) electrons. The molecule has 0 unspecified atom stereocenters. The van der Waals surface area contributed by atoms with Crippen molar-refractivity contribution in [3.8, 4) is 11.4 Å². The fourth-order valence-corrected chi connectivity index (χ4v) is 3.92. The second-order valence-corrected chi connectivity index (χ2v) is 8.00. The lowest BCUT2D eigenvalue weighted by Crippen LogP contribution is -2.24. The number of halogens is 2. The van der Waals surface area contributed by atoms with E-state index >= 15 is 0 Å². The van der Waals surface area contributed by atoms with E-state index in [4.69, 9.17) is 4.74 Å². The molecule has 7 nitrogen and oxygen atoms in total. The van der Waals surface area contributed by atoms with Crippen molar-refractivity contribution in [2.24, 2.45) is 0 Å². The van der Waals surface area contributed by atoms with E-state index in [1.54, 1.807) is 24.3 Å². The predicted molar refractivity (Wildman–Crippen MR) is 130 cm³/mol. The van der Waals surface area contributed by atoms with Gasteiger partial charge < -0.3 is 10.1 Å². The molecule has 0 atom stereocenters. The third-order valence-corrected chi connectivity index (χ3v) is 5.64. The van der Waals surface area contributed by atoms with Crippen molar-refractivity contribution in [3.63, 3.8) is 0 Å². The lowest BCUT2D eigenvalue weighted by atomic mass is 10.2. The zero-order valence-electron chi connectivity index (χ0n) is 19.0. The second-order valence-electron chi connectivity index (χ2n) is 8.00. The monoisotopic (exact) mass is 473 g/mol.